The maximum Gasteiger partial charge on any atom is 0.0630 e. The van der Waals surface area contributed by atoms with Crippen molar-refractivity contribution in [1.29, 1.82) is 0 Å². The van der Waals surface area contributed by atoms with Crippen LogP contribution in [0.15, 0.2) is 17.3 Å². The Hall–Kier alpha value is -0.790. The zero-order valence-electron chi connectivity index (χ0n) is 22.1. The Bertz CT molecular complexity index is 842. The van der Waals surface area contributed by atoms with E-state index < -0.39 is 0 Å². The van der Waals surface area contributed by atoms with Crippen molar-refractivity contribution < 1.29 is 5.21 Å². The summed E-state index contributed by atoms with van der Waals surface area (Å²) >= 11 is 0. The fourth-order valence-corrected chi connectivity index (χ4v) is 11.5. The molecule has 0 aromatic carbocycles. The summed E-state index contributed by atoms with van der Waals surface area (Å²) in [6.07, 6.45) is 13.3. The van der Waals surface area contributed by atoms with Crippen LogP contribution in [0.4, 0.5) is 0 Å². The first-order chi connectivity index (χ1) is 14.8. The quantitative estimate of drug-likeness (QED) is 0.248. The Morgan fingerprint density at radius 1 is 0.844 bits per heavy atom. The molecule has 5 aliphatic carbocycles. The zero-order chi connectivity index (χ0) is 23.3. The van der Waals surface area contributed by atoms with E-state index in [-0.39, 0.29) is 5.41 Å². The molecule has 32 heavy (non-hydrogen) atoms. The van der Waals surface area contributed by atoms with E-state index in [4.69, 9.17) is 0 Å². The molecule has 1 N–H and O–H groups in total. The zero-order valence-corrected chi connectivity index (χ0v) is 22.1. The number of nitrogens with zero attached hydrogens (tertiary/aromatic N) is 1. The predicted molar refractivity (Wildman–Crippen MR) is 134 cm³/mol. The van der Waals surface area contributed by atoms with E-state index in [1.165, 1.54) is 63.4 Å². The van der Waals surface area contributed by atoms with E-state index in [1.807, 2.05) is 0 Å². The molecule has 0 bridgehead atoms. The lowest BCUT2D eigenvalue weighted by Crippen LogP contribution is -2.66. The molecule has 0 aromatic rings. The lowest BCUT2D eigenvalue weighted by molar-refractivity contribution is -0.226. The van der Waals surface area contributed by atoms with E-state index >= 15 is 0 Å². The van der Waals surface area contributed by atoms with Crippen LogP contribution in [0.2, 0.25) is 0 Å². The summed E-state index contributed by atoms with van der Waals surface area (Å²) in [4.78, 5) is 0. The number of rotatable bonds is 1. The summed E-state index contributed by atoms with van der Waals surface area (Å²) in [6, 6.07) is 0. The van der Waals surface area contributed by atoms with Crippen molar-refractivity contribution in [2.75, 3.05) is 0 Å². The van der Waals surface area contributed by atoms with E-state index in [1.54, 1.807) is 0 Å². The molecule has 0 heterocycles. The van der Waals surface area contributed by atoms with Gasteiger partial charge in [0, 0.05) is 5.41 Å². The molecule has 3 unspecified atom stereocenters. The maximum atomic E-state index is 9.74. The van der Waals surface area contributed by atoms with Gasteiger partial charge >= 0.3 is 0 Å². The third kappa shape index (κ3) is 2.62. The van der Waals surface area contributed by atoms with Gasteiger partial charge in [-0.05, 0) is 122 Å². The van der Waals surface area contributed by atoms with E-state index in [2.05, 4.69) is 60.2 Å². The van der Waals surface area contributed by atoms with Crippen LogP contribution < -0.4 is 0 Å². The van der Waals surface area contributed by atoms with Gasteiger partial charge in [-0.3, -0.25) is 0 Å². The van der Waals surface area contributed by atoms with Crippen LogP contribution in [-0.4, -0.2) is 10.9 Å². The molecule has 5 rings (SSSR count). The first kappa shape index (κ1) is 23.0. The molecule has 9 atom stereocenters. The summed E-state index contributed by atoms with van der Waals surface area (Å²) in [5, 5.41) is 13.5. The first-order valence-electron chi connectivity index (χ1n) is 13.7. The highest BCUT2D eigenvalue weighted by molar-refractivity contribution is 5.90. The third-order valence-corrected chi connectivity index (χ3v) is 13.4. The molecule has 5 aliphatic rings. The van der Waals surface area contributed by atoms with E-state index in [0.717, 1.165) is 35.8 Å². The predicted octanol–water partition coefficient (Wildman–Crippen LogP) is 8.49. The molecular formula is C30H49NO. The first-order valence-corrected chi connectivity index (χ1v) is 13.7. The minimum atomic E-state index is 0.0163. The summed E-state index contributed by atoms with van der Waals surface area (Å²) in [5.41, 5.74) is 4.29. The summed E-state index contributed by atoms with van der Waals surface area (Å²) in [7, 11) is 0. The minimum Gasteiger partial charge on any atom is -0.411 e. The molecule has 0 radical (unpaired) electrons. The van der Waals surface area contributed by atoms with Gasteiger partial charge in [-0.15, -0.1) is 0 Å². The maximum absolute atomic E-state index is 9.74. The van der Waals surface area contributed by atoms with Crippen LogP contribution in [-0.2, 0) is 0 Å². The standard InChI is InChI=1S/C30H49NO/c1-19(2)20-11-14-27(5)17-18-29(7)21(25(20)27)9-10-23-28(6)15-13-24(31-32)26(3,4)22(28)12-16-30(23,29)8/h20-23,25,32H,1,9-18H2,2-8H3/t20-,21+,22?,23?,25?,27+,28-,29+,30+/m0/s1. The second-order valence-corrected chi connectivity index (χ2v) is 14.6. The monoisotopic (exact) mass is 439 g/mol. The van der Waals surface area contributed by atoms with Crippen molar-refractivity contribution in [1.82, 2.24) is 0 Å². The van der Waals surface area contributed by atoms with Crippen molar-refractivity contribution in [2.45, 2.75) is 113 Å². The number of allylic oxidation sites excluding steroid dienone is 1. The average molecular weight is 440 g/mol. The molecule has 0 aromatic heterocycles. The van der Waals surface area contributed by atoms with Gasteiger partial charge in [-0.25, -0.2) is 0 Å². The Labute approximate surface area is 197 Å². The molecule has 0 aliphatic heterocycles. The molecule has 5 fully saturated rings. The van der Waals surface area contributed by atoms with Gasteiger partial charge in [0.25, 0.3) is 0 Å². The Kier molecular flexibility index (Phi) is 4.94. The molecule has 0 spiro atoms. The van der Waals surface area contributed by atoms with Crippen LogP contribution in [0.5, 0.6) is 0 Å². The lowest BCUT2D eigenvalue weighted by atomic mass is 9.32. The summed E-state index contributed by atoms with van der Waals surface area (Å²) in [5.74, 6) is 3.88. The topological polar surface area (TPSA) is 32.6 Å². The molecule has 0 saturated heterocycles. The van der Waals surface area contributed by atoms with Crippen LogP contribution in [0, 0.1) is 56.7 Å². The SMILES string of the molecule is C=C(C)[C@@H]1CC[C@]2(C)CC[C@]3(C)[C@H](CCC4[C@@]5(C)CCC(=NO)C(C)(C)C5CC[C@]43C)C12. The fraction of sp³-hybridized carbons (Fsp3) is 0.900. The third-order valence-electron chi connectivity index (χ3n) is 13.4. The Morgan fingerprint density at radius 3 is 2.22 bits per heavy atom. The van der Waals surface area contributed by atoms with Crippen molar-refractivity contribution >= 4 is 5.71 Å². The van der Waals surface area contributed by atoms with Crippen LogP contribution in [0.25, 0.3) is 0 Å². The summed E-state index contributed by atoms with van der Waals surface area (Å²) in [6.45, 7) is 22.2. The molecule has 0 amide bonds. The Balaban J connectivity index is 1.54. The van der Waals surface area contributed by atoms with Crippen molar-refractivity contribution in [3.05, 3.63) is 12.2 Å². The highest BCUT2D eigenvalue weighted by Crippen LogP contribution is 2.77. The molecule has 2 nitrogen and oxygen atoms in total. The molecule has 5 saturated carbocycles. The van der Waals surface area contributed by atoms with Gasteiger partial charge in [0.1, 0.15) is 0 Å². The van der Waals surface area contributed by atoms with Gasteiger partial charge in [-0.2, -0.15) is 0 Å². The fourth-order valence-electron chi connectivity index (χ4n) is 11.5. The van der Waals surface area contributed by atoms with Gasteiger partial charge in [-0.1, -0.05) is 58.9 Å². The van der Waals surface area contributed by atoms with Crippen LogP contribution in [0.1, 0.15) is 113 Å². The highest BCUT2D eigenvalue weighted by atomic mass is 16.4. The van der Waals surface area contributed by atoms with E-state index in [0.29, 0.717) is 27.6 Å². The second-order valence-electron chi connectivity index (χ2n) is 14.6. The highest BCUT2D eigenvalue weighted by Gasteiger charge is 2.70. The van der Waals surface area contributed by atoms with Gasteiger partial charge < -0.3 is 5.21 Å². The molecule has 180 valence electrons. The normalized spacial score (nSPS) is 55.5. The molecule has 2 heteroatoms. The number of hydrogen-bond donors (Lipinski definition) is 1. The minimum absolute atomic E-state index is 0.0163. The lowest BCUT2D eigenvalue weighted by Gasteiger charge is -2.72. The van der Waals surface area contributed by atoms with Gasteiger partial charge in [0.05, 0.1) is 5.71 Å². The number of fused-ring (bicyclic) bond motifs is 7. The smallest absolute Gasteiger partial charge is 0.0630 e. The van der Waals surface area contributed by atoms with Gasteiger partial charge in [0.15, 0.2) is 0 Å². The average Bonchev–Trinajstić information content (AvgIpc) is 3.06. The van der Waals surface area contributed by atoms with Crippen molar-refractivity contribution in [3.8, 4) is 0 Å². The number of hydrogen-bond acceptors (Lipinski definition) is 2. The Morgan fingerprint density at radius 2 is 1.56 bits per heavy atom. The second kappa shape index (κ2) is 6.88. The van der Waals surface area contributed by atoms with Crippen LogP contribution in [0.3, 0.4) is 0 Å². The van der Waals surface area contributed by atoms with Crippen molar-refractivity contribution in [2.24, 2.45) is 61.8 Å². The largest absolute Gasteiger partial charge is 0.411 e. The van der Waals surface area contributed by atoms with E-state index in [9.17, 15) is 5.21 Å². The molecular weight excluding hydrogens is 390 g/mol. The van der Waals surface area contributed by atoms with Crippen molar-refractivity contribution in [3.63, 3.8) is 0 Å². The van der Waals surface area contributed by atoms with Crippen LogP contribution >= 0.6 is 0 Å². The van der Waals surface area contributed by atoms with Gasteiger partial charge in [0.2, 0.25) is 0 Å². The summed E-state index contributed by atoms with van der Waals surface area (Å²) < 4.78 is 0. The number of oxime groups is 1.